The summed E-state index contributed by atoms with van der Waals surface area (Å²) >= 11 is 0. The normalized spacial score (nSPS) is 24.0. The number of hydrogen-bond donors (Lipinski definition) is 1. The molecule has 1 aromatic rings. The molecular formula is C16H28Cl2N4O. The Morgan fingerprint density at radius 2 is 2.22 bits per heavy atom. The van der Waals surface area contributed by atoms with Gasteiger partial charge in [-0.1, -0.05) is 0 Å². The number of carbonyl (C=O) groups excluding carboxylic acids is 1. The van der Waals surface area contributed by atoms with E-state index < -0.39 is 0 Å². The predicted molar refractivity (Wildman–Crippen MR) is 96.5 cm³/mol. The van der Waals surface area contributed by atoms with Gasteiger partial charge in [-0.3, -0.25) is 9.48 Å². The summed E-state index contributed by atoms with van der Waals surface area (Å²) in [6, 6.07) is 0.351. The van der Waals surface area contributed by atoms with Crippen LogP contribution in [0.15, 0.2) is 12.4 Å². The summed E-state index contributed by atoms with van der Waals surface area (Å²) < 4.78 is 2.04. The van der Waals surface area contributed by atoms with Crippen molar-refractivity contribution in [3.8, 4) is 0 Å². The Morgan fingerprint density at radius 3 is 2.87 bits per heavy atom. The Kier molecular flexibility index (Phi) is 8.37. The van der Waals surface area contributed by atoms with Gasteiger partial charge in [-0.2, -0.15) is 5.10 Å². The molecule has 2 unspecified atom stereocenters. The third kappa shape index (κ3) is 5.37. The van der Waals surface area contributed by atoms with Gasteiger partial charge >= 0.3 is 0 Å². The number of likely N-dealkylation sites (tertiary alicyclic amines) is 1. The monoisotopic (exact) mass is 362 g/mol. The highest BCUT2D eigenvalue weighted by Gasteiger charge is 2.25. The number of nitrogens with zero attached hydrogens (tertiary/aromatic N) is 3. The van der Waals surface area contributed by atoms with Crippen LogP contribution in [0.2, 0.25) is 0 Å². The highest BCUT2D eigenvalue weighted by molar-refractivity contribution is 5.85. The van der Waals surface area contributed by atoms with Crippen LogP contribution >= 0.6 is 24.8 Å². The van der Waals surface area contributed by atoms with Gasteiger partial charge in [0.1, 0.15) is 0 Å². The van der Waals surface area contributed by atoms with E-state index >= 15 is 0 Å². The number of piperidine rings is 1. The summed E-state index contributed by atoms with van der Waals surface area (Å²) in [5.74, 6) is 1.03. The van der Waals surface area contributed by atoms with Crippen molar-refractivity contribution in [1.29, 1.82) is 0 Å². The second kappa shape index (κ2) is 9.50. The molecule has 2 aliphatic heterocycles. The largest absolute Gasteiger partial charge is 0.341 e. The van der Waals surface area contributed by atoms with Gasteiger partial charge in [0.15, 0.2) is 0 Å². The van der Waals surface area contributed by atoms with Gasteiger partial charge in [0.2, 0.25) is 5.91 Å². The molecule has 0 aromatic carbocycles. The number of aryl methyl sites for hydroxylation is 1. The smallest absolute Gasteiger partial charge is 0.222 e. The molecule has 1 N–H and O–H groups in total. The standard InChI is InChI=1S/C16H26N4O.2ClH/c1-13-9-18-20(11-13)15-3-2-8-19(12-15)16(21)5-4-14-6-7-17-10-14;;/h9,11,14-15,17H,2-8,10,12H2,1H3;2*1H. The minimum absolute atomic E-state index is 0. The van der Waals surface area contributed by atoms with Gasteiger partial charge in [0.05, 0.1) is 12.2 Å². The first kappa shape index (κ1) is 20.3. The molecule has 3 heterocycles. The van der Waals surface area contributed by atoms with E-state index in [1.54, 1.807) is 0 Å². The fourth-order valence-electron chi connectivity index (χ4n) is 3.48. The maximum atomic E-state index is 12.4. The Hall–Kier alpha value is -0.780. The fourth-order valence-corrected chi connectivity index (χ4v) is 3.48. The number of amides is 1. The summed E-state index contributed by atoms with van der Waals surface area (Å²) in [5.41, 5.74) is 1.19. The third-order valence-electron chi connectivity index (χ3n) is 4.78. The SMILES string of the molecule is Cc1cnn(C2CCCN(C(=O)CCC3CCNC3)C2)c1.Cl.Cl. The van der Waals surface area contributed by atoms with Crippen LogP contribution < -0.4 is 5.32 Å². The van der Waals surface area contributed by atoms with Crippen molar-refractivity contribution in [2.75, 3.05) is 26.2 Å². The van der Waals surface area contributed by atoms with Crippen LogP contribution in [-0.2, 0) is 4.79 Å². The molecule has 1 aromatic heterocycles. The summed E-state index contributed by atoms with van der Waals surface area (Å²) in [5, 5.41) is 7.78. The van der Waals surface area contributed by atoms with Crippen LogP contribution in [-0.4, -0.2) is 46.8 Å². The number of rotatable bonds is 4. The van der Waals surface area contributed by atoms with E-state index in [0.717, 1.165) is 45.4 Å². The first-order valence-electron chi connectivity index (χ1n) is 8.21. The van der Waals surface area contributed by atoms with Crippen LogP contribution in [0.4, 0.5) is 0 Å². The fraction of sp³-hybridized carbons (Fsp3) is 0.750. The van der Waals surface area contributed by atoms with Gasteiger partial charge in [0, 0.05) is 25.7 Å². The van der Waals surface area contributed by atoms with Crippen molar-refractivity contribution < 1.29 is 4.79 Å². The first-order chi connectivity index (χ1) is 10.2. The van der Waals surface area contributed by atoms with E-state index in [2.05, 4.69) is 23.5 Å². The Balaban J connectivity index is 0.00000132. The quantitative estimate of drug-likeness (QED) is 0.895. The molecule has 0 radical (unpaired) electrons. The Labute approximate surface area is 151 Å². The minimum Gasteiger partial charge on any atom is -0.341 e. The van der Waals surface area contributed by atoms with Crippen molar-refractivity contribution in [2.45, 2.75) is 45.1 Å². The molecule has 2 aliphatic rings. The summed E-state index contributed by atoms with van der Waals surface area (Å²) in [6.07, 6.45) is 9.15. The lowest BCUT2D eigenvalue weighted by Crippen LogP contribution is -2.40. The molecule has 5 nitrogen and oxygen atoms in total. The van der Waals surface area contributed by atoms with Crippen molar-refractivity contribution in [1.82, 2.24) is 20.0 Å². The predicted octanol–water partition coefficient (Wildman–Crippen LogP) is 2.59. The number of carbonyl (C=O) groups is 1. The van der Waals surface area contributed by atoms with E-state index in [4.69, 9.17) is 0 Å². The molecular weight excluding hydrogens is 335 g/mol. The zero-order chi connectivity index (χ0) is 14.7. The number of hydrogen-bond acceptors (Lipinski definition) is 3. The van der Waals surface area contributed by atoms with Crippen LogP contribution in [0.25, 0.3) is 0 Å². The van der Waals surface area contributed by atoms with Gasteiger partial charge in [-0.05, 0) is 57.2 Å². The molecule has 0 bridgehead atoms. The molecule has 2 saturated heterocycles. The molecule has 0 aliphatic carbocycles. The van der Waals surface area contributed by atoms with Crippen molar-refractivity contribution in [2.24, 2.45) is 5.92 Å². The maximum absolute atomic E-state index is 12.4. The number of nitrogens with one attached hydrogen (secondary N) is 1. The van der Waals surface area contributed by atoms with Gasteiger partial charge in [-0.25, -0.2) is 0 Å². The molecule has 0 spiro atoms. The second-order valence-electron chi connectivity index (χ2n) is 6.53. The molecule has 132 valence electrons. The molecule has 2 atom stereocenters. The summed E-state index contributed by atoms with van der Waals surface area (Å²) in [7, 11) is 0. The van der Waals surface area contributed by atoms with Crippen LogP contribution in [0, 0.1) is 12.8 Å². The molecule has 7 heteroatoms. The van der Waals surface area contributed by atoms with E-state index in [1.165, 1.54) is 12.0 Å². The van der Waals surface area contributed by atoms with Crippen molar-refractivity contribution in [3.05, 3.63) is 18.0 Å². The van der Waals surface area contributed by atoms with Crippen LogP contribution in [0.3, 0.4) is 0 Å². The Morgan fingerprint density at radius 1 is 1.39 bits per heavy atom. The van der Waals surface area contributed by atoms with E-state index in [0.29, 0.717) is 24.3 Å². The second-order valence-corrected chi connectivity index (χ2v) is 6.53. The lowest BCUT2D eigenvalue weighted by molar-refractivity contribution is -0.133. The van der Waals surface area contributed by atoms with Crippen molar-refractivity contribution >= 4 is 30.7 Å². The first-order valence-corrected chi connectivity index (χ1v) is 8.21. The summed E-state index contributed by atoms with van der Waals surface area (Å²) in [6.45, 7) is 6.00. The lowest BCUT2D eigenvalue weighted by Gasteiger charge is -2.33. The van der Waals surface area contributed by atoms with Gasteiger partial charge < -0.3 is 10.2 Å². The average Bonchev–Trinajstić information content (AvgIpc) is 3.16. The van der Waals surface area contributed by atoms with Crippen LogP contribution in [0.5, 0.6) is 0 Å². The third-order valence-corrected chi connectivity index (χ3v) is 4.78. The van der Waals surface area contributed by atoms with Gasteiger partial charge in [0.25, 0.3) is 0 Å². The molecule has 3 rings (SSSR count). The van der Waals surface area contributed by atoms with Crippen LogP contribution in [0.1, 0.15) is 43.7 Å². The zero-order valence-corrected chi connectivity index (χ0v) is 15.4. The highest BCUT2D eigenvalue weighted by Crippen LogP contribution is 2.23. The van der Waals surface area contributed by atoms with E-state index in [-0.39, 0.29) is 24.8 Å². The maximum Gasteiger partial charge on any atom is 0.222 e. The number of aromatic nitrogens is 2. The molecule has 0 saturated carbocycles. The summed E-state index contributed by atoms with van der Waals surface area (Å²) in [4.78, 5) is 14.5. The van der Waals surface area contributed by atoms with E-state index in [9.17, 15) is 4.79 Å². The molecule has 1 amide bonds. The van der Waals surface area contributed by atoms with E-state index in [1.807, 2.05) is 15.8 Å². The molecule has 2 fully saturated rings. The topological polar surface area (TPSA) is 50.2 Å². The highest BCUT2D eigenvalue weighted by atomic mass is 35.5. The zero-order valence-electron chi connectivity index (χ0n) is 13.7. The molecule has 23 heavy (non-hydrogen) atoms. The van der Waals surface area contributed by atoms with Gasteiger partial charge in [-0.15, -0.1) is 24.8 Å². The number of halogens is 2. The Bertz CT molecular complexity index is 488. The lowest BCUT2D eigenvalue weighted by atomic mass is 10.0. The minimum atomic E-state index is 0. The average molecular weight is 363 g/mol. The van der Waals surface area contributed by atoms with Crippen molar-refractivity contribution in [3.63, 3.8) is 0 Å².